The quantitative estimate of drug-likeness (QED) is 0.297. The van der Waals surface area contributed by atoms with Gasteiger partial charge in [0.2, 0.25) is 0 Å². The predicted octanol–water partition coefficient (Wildman–Crippen LogP) is -0.768. The van der Waals surface area contributed by atoms with E-state index in [1.165, 1.54) is 0 Å². The van der Waals surface area contributed by atoms with Gasteiger partial charge in [-0.2, -0.15) is 0 Å². The summed E-state index contributed by atoms with van der Waals surface area (Å²) in [6, 6.07) is -1.62. The lowest BCUT2D eigenvalue weighted by molar-refractivity contribution is -0.148. The minimum Gasteiger partial charge on any atom is -0.481 e. The van der Waals surface area contributed by atoms with E-state index in [2.05, 4.69) is 5.32 Å². The van der Waals surface area contributed by atoms with Crippen molar-refractivity contribution in [2.45, 2.75) is 43.7 Å². The SMILES string of the molecule is O=C(O)CC(NC(=C1CC1)C(O)(CC(=O)O)CC(=O)O)C(=O)O. The largest absolute Gasteiger partial charge is 0.481 e. The van der Waals surface area contributed by atoms with Crippen LogP contribution in [0.25, 0.3) is 0 Å². The van der Waals surface area contributed by atoms with Crippen molar-refractivity contribution in [2.75, 3.05) is 0 Å². The standard InChI is InChI=1S/C13H17NO9/c15-8(16)3-7(12(21)22)14-11(6-1-2-6)13(23,4-9(17)18)5-10(19)20/h7,14,23H,1-5H2,(H,15,16)(H,17,18)(H,19,20)(H,21,22). The van der Waals surface area contributed by atoms with Crippen LogP contribution in [0.3, 0.4) is 0 Å². The Morgan fingerprint density at radius 3 is 1.74 bits per heavy atom. The summed E-state index contributed by atoms with van der Waals surface area (Å²) in [6.45, 7) is 0. The van der Waals surface area contributed by atoms with Gasteiger partial charge >= 0.3 is 23.9 Å². The van der Waals surface area contributed by atoms with Gasteiger partial charge in [-0.25, -0.2) is 4.79 Å². The first-order valence-corrected chi connectivity index (χ1v) is 6.65. The van der Waals surface area contributed by atoms with Gasteiger partial charge in [-0.15, -0.1) is 0 Å². The van der Waals surface area contributed by atoms with E-state index in [0.717, 1.165) is 0 Å². The maximum atomic E-state index is 11.1. The van der Waals surface area contributed by atoms with E-state index < -0.39 is 54.8 Å². The molecule has 1 saturated carbocycles. The van der Waals surface area contributed by atoms with E-state index in [0.29, 0.717) is 18.4 Å². The van der Waals surface area contributed by atoms with E-state index in [9.17, 15) is 24.3 Å². The molecule has 0 aliphatic heterocycles. The molecule has 10 heteroatoms. The monoisotopic (exact) mass is 331 g/mol. The Balaban J connectivity index is 3.14. The van der Waals surface area contributed by atoms with Crippen LogP contribution in [0.15, 0.2) is 11.3 Å². The molecule has 0 heterocycles. The van der Waals surface area contributed by atoms with Gasteiger partial charge in [0.1, 0.15) is 11.6 Å². The van der Waals surface area contributed by atoms with Crippen molar-refractivity contribution < 1.29 is 44.7 Å². The zero-order valence-electron chi connectivity index (χ0n) is 12.0. The Labute approximate surface area is 130 Å². The number of carboxylic acid groups (broad SMARTS) is 4. The second-order valence-electron chi connectivity index (χ2n) is 5.28. The van der Waals surface area contributed by atoms with Gasteiger partial charge < -0.3 is 30.8 Å². The second kappa shape index (κ2) is 7.09. The van der Waals surface area contributed by atoms with E-state index in [4.69, 9.17) is 20.4 Å². The zero-order valence-corrected chi connectivity index (χ0v) is 12.0. The lowest BCUT2D eigenvalue weighted by Crippen LogP contribution is -2.48. The second-order valence-corrected chi connectivity index (χ2v) is 5.28. The van der Waals surface area contributed by atoms with Crippen molar-refractivity contribution in [2.24, 2.45) is 0 Å². The van der Waals surface area contributed by atoms with Crippen LogP contribution in [0.2, 0.25) is 0 Å². The van der Waals surface area contributed by atoms with Crippen LogP contribution in [0.4, 0.5) is 0 Å². The predicted molar refractivity (Wildman–Crippen MR) is 72.5 cm³/mol. The Bertz CT molecular complexity index is 544. The van der Waals surface area contributed by atoms with Gasteiger partial charge in [0.05, 0.1) is 19.3 Å². The summed E-state index contributed by atoms with van der Waals surface area (Å²) < 4.78 is 0. The van der Waals surface area contributed by atoms with Crippen LogP contribution >= 0.6 is 0 Å². The molecular weight excluding hydrogens is 314 g/mol. The highest BCUT2D eigenvalue weighted by molar-refractivity contribution is 5.81. The van der Waals surface area contributed by atoms with E-state index in [-0.39, 0.29) is 5.70 Å². The Hall–Kier alpha value is -2.62. The van der Waals surface area contributed by atoms with Crippen LogP contribution in [0, 0.1) is 0 Å². The van der Waals surface area contributed by atoms with Crippen LogP contribution in [-0.4, -0.2) is 61.1 Å². The van der Waals surface area contributed by atoms with Crippen LogP contribution < -0.4 is 5.32 Å². The Morgan fingerprint density at radius 1 is 0.957 bits per heavy atom. The smallest absolute Gasteiger partial charge is 0.326 e. The van der Waals surface area contributed by atoms with Crippen molar-refractivity contribution in [1.82, 2.24) is 5.32 Å². The highest BCUT2D eigenvalue weighted by atomic mass is 16.4. The summed E-state index contributed by atoms with van der Waals surface area (Å²) in [5.74, 6) is -5.87. The summed E-state index contributed by atoms with van der Waals surface area (Å²) in [5.41, 5.74) is -2.09. The summed E-state index contributed by atoms with van der Waals surface area (Å²) >= 11 is 0. The first-order chi connectivity index (χ1) is 10.5. The number of nitrogens with one attached hydrogen (secondary N) is 1. The summed E-state index contributed by atoms with van der Waals surface area (Å²) in [7, 11) is 0. The third kappa shape index (κ3) is 5.58. The van der Waals surface area contributed by atoms with Crippen molar-refractivity contribution in [3.05, 3.63) is 11.3 Å². The van der Waals surface area contributed by atoms with E-state index in [1.807, 2.05) is 0 Å². The molecule has 23 heavy (non-hydrogen) atoms. The molecule has 1 fully saturated rings. The van der Waals surface area contributed by atoms with Crippen molar-refractivity contribution >= 4 is 23.9 Å². The summed E-state index contributed by atoms with van der Waals surface area (Å²) in [4.78, 5) is 43.7. The fraction of sp³-hybridized carbons (Fsp3) is 0.538. The van der Waals surface area contributed by atoms with Crippen LogP contribution in [-0.2, 0) is 19.2 Å². The van der Waals surface area contributed by atoms with Crippen molar-refractivity contribution in [3.63, 3.8) is 0 Å². The number of rotatable bonds is 10. The fourth-order valence-electron chi connectivity index (χ4n) is 2.17. The molecule has 1 aliphatic carbocycles. The number of aliphatic hydroxyl groups is 1. The lowest BCUT2D eigenvalue weighted by Gasteiger charge is -2.31. The first-order valence-electron chi connectivity index (χ1n) is 6.65. The van der Waals surface area contributed by atoms with E-state index >= 15 is 0 Å². The molecule has 0 amide bonds. The molecule has 6 N–H and O–H groups in total. The third-order valence-electron chi connectivity index (χ3n) is 3.20. The first kappa shape index (κ1) is 18.4. The zero-order chi connectivity index (χ0) is 17.8. The molecule has 1 rings (SSSR count). The average molecular weight is 331 g/mol. The number of allylic oxidation sites excluding steroid dienone is 1. The molecule has 1 unspecified atom stereocenters. The average Bonchev–Trinajstić information content (AvgIpc) is 3.14. The summed E-state index contributed by atoms with van der Waals surface area (Å²) in [6.07, 6.45) is -1.86. The molecule has 0 spiro atoms. The normalized spacial score (nSPS) is 14.7. The minimum atomic E-state index is -2.34. The van der Waals surface area contributed by atoms with Gasteiger partial charge in [-0.1, -0.05) is 0 Å². The maximum absolute atomic E-state index is 11.1. The lowest BCUT2D eigenvalue weighted by atomic mass is 9.90. The number of hydrogen-bond donors (Lipinski definition) is 6. The fourth-order valence-corrected chi connectivity index (χ4v) is 2.17. The molecule has 0 aromatic heterocycles. The number of aliphatic carboxylic acids is 4. The molecule has 1 atom stereocenters. The molecule has 1 aliphatic rings. The van der Waals surface area contributed by atoms with Gasteiger partial charge in [-0.3, -0.25) is 14.4 Å². The number of hydrogen-bond acceptors (Lipinski definition) is 6. The topological polar surface area (TPSA) is 181 Å². The Kier molecular flexibility index (Phi) is 5.68. The third-order valence-corrected chi connectivity index (χ3v) is 3.20. The van der Waals surface area contributed by atoms with Crippen LogP contribution in [0.5, 0.6) is 0 Å². The molecule has 0 bridgehead atoms. The van der Waals surface area contributed by atoms with Crippen molar-refractivity contribution in [1.29, 1.82) is 0 Å². The molecule has 0 aromatic carbocycles. The molecule has 10 nitrogen and oxygen atoms in total. The van der Waals surface area contributed by atoms with Gasteiger partial charge in [-0.05, 0) is 18.4 Å². The van der Waals surface area contributed by atoms with Crippen LogP contribution in [0.1, 0.15) is 32.1 Å². The minimum absolute atomic E-state index is 0.226. The molecule has 0 radical (unpaired) electrons. The maximum Gasteiger partial charge on any atom is 0.326 e. The van der Waals surface area contributed by atoms with Crippen molar-refractivity contribution in [3.8, 4) is 0 Å². The molecule has 128 valence electrons. The van der Waals surface area contributed by atoms with Gasteiger partial charge in [0.15, 0.2) is 0 Å². The molecule has 0 saturated heterocycles. The van der Waals surface area contributed by atoms with Gasteiger partial charge in [0, 0.05) is 5.70 Å². The number of carboxylic acids is 4. The summed E-state index contributed by atoms with van der Waals surface area (Å²) in [5, 5.41) is 48.3. The highest BCUT2D eigenvalue weighted by Gasteiger charge is 2.42. The Morgan fingerprint density at radius 2 is 1.43 bits per heavy atom. The van der Waals surface area contributed by atoms with Gasteiger partial charge in [0.25, 0.3) is 0 Å². The number of carbonyl (C=O) groups is 4. The molecule has 0 aromatic rings. The highest BCUT2D eigenvalue weighted by Crippen LogP contribution is 2.38. The van der Waals surface area contributed by atoms with E-state index in [1.54, 1.807) is 0 Å². The molecular formula is C13H17NO9.